The third kappa shape index (κ3) is 2.86. The van der Waals surface area contributed by atoms with Gasteiger partial charge in [-0.05, 0) is 36.0 Å². The zero-order valence-electron chi connectivity index (χ0n) is 12.3. The average molecular weight is 456 g/mol. The van der Waals surface area contributed by atoms with Crippen LogP contribution < -0.4 is 21.9 Å². The lowest BCUT2D eigenvalue weighted by molar-refractivity contribution is -0.650. The van der Waals surface area contributed by atoms with Crippen molar-refractivity contribution in [1.82, 2.24) is 0 Å². The molecule has 0 bridgehead atoms. The molecule has 120 valence electrons. The molecule has 1 atom stereocenters. The summed E-state index contributed by atoms with van der Waals surface area (Å²) in [5.41, 5.74) is 1.12. The van der Waals surface area contributed by atoms with E-state index in [4.69, 9.17) is 0 Å². The second kappa shape index (κ2) is 6.59. The first-order valence-electron chi connectivity index (χ1n) is 7.27. The van der Waals surface area contributed by atoms with E-state index in [1.165, 1.54) is 0 Å². The Morgan fingerprint density at radius 3 is 2.48 bits per heavy atom. The van der Waals surface area contributed by atoms with E-state index in [1.807, 2.05) is 54.2 Å². The number of halogens is 2. The van der Waals surface area contributed by atoms with Crippen molar-refractivity contribution in [3.8, 4) is 0 Å². The standard InChI is InChI=1S/C17H16BrN2OS.BrH/c18-14-6-8-15(9-7-14)19-12-17(21,13-4-2-1-3-5-13)20-10-11-22-16(19)20;/h1-9,21H,10-12H2;1H/q+1;/p-1. The number of benzene rings is 2. The van der Waals surface area contributed by atoms with Gasteiger partial charge in [-0.15, -0.1) is 0 Å². The van der Waals surface area contributed by atoms with Crippen molar-refractivity contribution in [2.24, 2.45) is 0 Å². The molecule has 1 N–H and O–H groups in total. The fraction of sp³-hybridized carbons (Fsp3) is 0.235. The highest BCUT2D eigenvalue weighted by molar-refractivity contribution is 9.10. The third-order valence-corrected chi connectivity index (χ3v) is 5.82. The molecule has 0 radical (unpaired) electrons. The quantitative estimate of drug-likeness (QED) is 0.657. The minimum atomic E-state index is -0.951. The lowest BCUT2D eigenvalue weighted by atomic mass is 10.0. The highest BCUT2D eigenvalue weighted by Gasteiger charge is 2.54. The van der Waals surface area contributed by atoms with E-state index in [9.17, 15) is 5.11 Å². The van der Waals surface area contributed by atoms with Crippen molar-refractivity contribution in [1.29, 1.82) is 0 Å². The number of amidine groups is 1. The number of β-amino-alcohol motifs (C(OH)–C–C–N with tert-alkyl or cyclic N) is 1. The van der Waals surface area contributed by atoms with Crippen molar-refractivity contribution in [2.75, 3.05) is 23.7 Å². The summed E-state index contributed by atoms with van der Waals surface area (Å²) in [5.74, 6) is 1.01. The van der Waals surface area contributed by atoms with E-state index in [1.54, 1.807) is 0 Å². The maximum atomic E-state index is 11.4. The van der Waals surface area contributed by atoms with Gasteiger partial charge in [0.25, 0.3) is 5.72 Å². The summed E-state index contributed by atoms with van der Waals surface area (Å²) >= 11 is 5.29. The molecule has 0 saturated heterocycles. The Morgan fingerprint density at radius 2 is 1.78 bits per heavy atom. The average Bonchev–Trinajstić information content (AvgIpc) is 3.13. The van der Waals surface area contributed by atoms with Crippen molar-refractivity contribution in [2.45, 2.75) is 5.72 Å². The highest BCUT2D eigenvalue weighted by atomic mass is 79.9. The SMILES string of the molecule is OC1(c2ccccc2)CN(c2ccc(Br)cc2)C2=[N+]1CCS2.[Br-]. The van der Waals surface area contributed by atoms with Crippen LogP contribution >= 0.6 is 27.7 Å². The number of thioether (sulfide) groups is 1. The van der Waals surface area contributed by atoms with Gasteiger partial charge in [-0.2, -0.15) is 0 Å². The van der Waals surface area contributed by atoms with E-state index < -0.39 is 5.72 Å². The molecule has 2 aromatic carbocycles. The number of hydrogen-bond acceptors (Lipinski definition) is 3. The van der Waals surface area contributed by atoms with Gasteiger partial charge in [-0.1, -0.05) is 46.3 Å². The molecule has 2 aliphatic heterocycles. The van der Waals surface area contributed by atoms with Crippen molar-refractivity contribution in [3.05, 3.63) is 64.6 Å². The molecule has 0 aliphatic carbocycles. The highest BCUT2D eigenvalue weighted by Crippen LogP contribution is 2.38. The smallest absolute Gasteiger partial charge is 0.316 e. The molecule has 0 saturated carbocycles. The van der Waals surface area contributed by atoms with Crippen molar-refractivity contribution < 1.29 is 26.7 Å². The summed E-state index contributed by atoms with van der Waals surface area (Å²) in [4.78, 5) is 2.22. The molecule has 0 spiro atoms. The second-order valence-corrected chi connectivity index (χ2v) is 7.51. The van der Waals surface area contributed by atoms with Gasteiger partial charge in [0.05, 0.1) is 6.54 Å². The Labute approximate surface area is 158 Å². The first kappa shape index (κ1) is 17.0. The van der Waals surface area contributed by atoms with Gasteiger partial charge in [-0.25, -0.2) is 9.48 Å². The fourth-order valence-corrected chi connectivity index (χ4v) is 4.56. The number of hydrogen-bond donors (Lipinski definition) is 1. The predicted molar refractivity (Wildman–Crippen MR) is 94.4 cm³/mol. The Morgan fingerprint density at radius 1 is 1.09 bits per heavy atom. The summed E-state index contributed by atoms with van der Waals surface area (Å²) in [6.45, 7) is 1.43. The summed E-state index contributed by atoms with van der Waals surface area (Å²) < 4.78 is 3.20. The van der Waals surface area contributed by atoms with E-state index >= 15 is 0 Å². The first-order valence-corrected chi connectivity index (χ1v) is 9.05. The van der Waals surface area contributed by atoms with Crippen LogP contribution in [0.2, 0.25) is 0 Å². The van der Waals surface area contributed by atoms with Crippen LogP contribution in [0.4, 0.5) is 5.69 Å². The second-order valence-electron chi connectivity index (χ2n) is 5.53. The van der Waals surface area contributed by atoms with E-state index in [0.717, 1.165) is 33.2 Å². The molecular formula is C17H16Br2N2OS. The molecule has 23 heavy (non-hydrogen) atoms. The van der Waals surface area contributed by atoms with Crippen LogP contribution in [0.1, 0.15) is 5.56 Å². The van der Waals surface area contributed by atoms with Crippen LogP contribution in [0.15, 0.2) is 59.1 Å². The molecule has 0 fully saturated rings. The summed E-state index contributed by atoms with van der Waals surface area (Å²) in [7, 11) is 0. The van der Waals surface area contributed by atoms with Gasteiger partial charge in [0, 0.05) is 15.8 Å². The molecule has 2 heterocycles. The molecule has 4 rings (SSSR count). The van der Waals surface area contributed by atoms with Gasteiger partial charge in [-0.3, -0.25) is 0 Å². The molecular weight excluding hydrogens is 440 g/mol. The van der Waals surface area contributed by atoms with E-state index in [2.05, 4.69) is 37.5 Å². The van der Waals surface area contributed by atoms with Crippen LogP contribution in [0.25, 0.3) is 0 Å². The normalized spacial score (nSPS) is 23.0. The Bertz CT molecular complexity index is 736. The van der Waals surface area contributed by atoms with Crippen LogP contribution in [0, 0.1) is 0 Å². The van der Waals surface area contributed by atoms with Gasteiger partial charge in [0.15, 0.2) is 6.54 Å². The summed E-state index contributed by atoms with van der Waals surface area (Å²) in [6, 6.07) is 18.2. The monoisotopic (exact) mass is 454 g/mol. The van der Waals surface area contributed by atoms with Gasteiger partial charge >= 0.3 is 5.17 Å². The van der Waals surface area contributed by atoms with Gasteiger partial charge in [0.2, 0.25) is 0 Å². The number of anilines is 1. The third-order valence-electron chi connectivity index (χ3n) is 4.21. The van der Waals surface area contributed by atoms with Crippen LogP contribution in [0.5, 0.6) is 0 Å². The Balaban J connectivity index is 0.00000156. The number of aliphatic hydroxyl groups is 1. The number of rotatable bonds is 2. The lowest BCUT2D eigenvalue weighted by Crippen LogP contribution is -3.00. The van der Waals surface area contributed by atoms with Gasteiger partial charge in [0.1, 0.15) is 5.69 Å². The molecule has 0 aromatic heterocycles. The maximum absolute atomic E-state index is 11.4. The van der Waals surface area contributed by atoms with Gasteiger partial charge < -0.3 is 22.1 Å². The van der Waals surface area contributed by atoms with Crippen LogP contribution in [-0.2, 0) is 5.72 Å². The minimum Gasteiger partial charge on any atom is -1.00 e. The van der Waals surface area contributed by atoms with Crippen molar-refractivity contribution >= 4 is 38.5 Å². The topological polar surface area (TPSA) is 26.5 Å². The zero-order valence-corrected chi connectivity index (χ0v) is 16.3. The molecule has 3 nitrogen and oxygen atoms in total. The first-order chi connectivity index (χ1) is 10.7. The van der Waals surface area contributed by atoms with E-state index in [-0.39, 0.29) is 17.0 Å². The number of nitrogens with zero attached hydrogens (tertiary/aromatic N) is 2. The summed E-state index contributed by atoms with van der Waals surface area (Å²) in [5, 5.41) is 12.5. The summed E-state index contributed by atoms with van der Waals surface area (Å²) in [6.07, 6.45) is 0. The molecule has 2 aliphatic rings. The molecule has 0 amide bonds. The fourth-order valence-electron chi connectivity index (χ4n) is 3.12. The lowest BCUT2D eigenvalue weighted by Gasteiger charge is -2.22. The minimum absolute atomic E-state index is 0. The Hall–Kier alpha value is -0.820. The molecule has 2 aromatic rings. The maximum Gasteiger partial charge on any atom is 0.316 e. The van der Waals surface area contributed by atoms with E-state index in [0.29, 0.717) is 6.54 Å². The Kier molecular flexibility index (Phi) is 4.88. The largest absolute Gasteiger partial charge is 1.00 e. The van der Waals surface area contributed by atoms with Crippen LogP contribution in [-0.4, -0.2) is 33.7 Å². The predicted octanol–water partition coefficient (Wildman–Crippen LogP) is 0.234. The molecule has 6 heteroatoms. The zero-order chi connectivity index (χ0) is 15.2. The molecule has 1 unspecified atom stereocenters. The van der Waals surface area contributed by atoms with Crippen LogP contribution in [0.3, 0.4) is 0 Å². The van der Waals surface area contributed by atoms with Crippen molar-refractivity contribution in [3.63, 3.8) is 0 Å².